The second-order valence-corrected chi connectivity index (χ2v) is 8.30. The maximum atomic E-state index is 12.8. The molecule has 1 aromatic carbocycles. The molecule has 3 aromatic rings. The lowest BCUT2D eigenvalue weighted by Crippen LogP contribution is -2.29. The van der Waals surface area contributed by atoms with Gasteiger partial charge < -0.3 is 15.8 Å². The van der Waals surface area contributed by atoms with Gasteiger partial charge in [-0.05, 0) is 38.0 Å². The van der Waals surface area contributed by atoms with Gasteiger partial charge in [-0.25, -0.2) is 15.0 Å². The predicted molar refractivity (Wildman–Crippen MR) is 114 cm³/mol. The quantitative estimate of drug-likeness (QED) is 0.464. The Morgan fingerprint density at radius 2 is 2.00 bits per heavy atom. The summed E-state index contributed by atoms with van der Waals surface area (Å²) < 4.78 is 31.4. The Kier molecular flexibility index (Phi) is 6.31. The highest BCUT2D eigenvalue weighted by atomic mass is 79.9. The highest BCUT2D eigenvalue weighted by Gasteiger charge is 2.31. The van der Waals surface area contributed by atoms with E-state index >= 15 is 0 Å². The van der Waals surface area contributed by atoms with Gasteiger partial charge >= 0.3 is 6.61 Å². The number of alkyl halides is 2. The van der Waals surface area contributed by atoms with Crippen LogP contribution in [0.2, 0.25) is 0 Å². The maximum absolute atomic E-state index is 12.8. The number of nitrogens with one attached hydrogen (secondary N) is 1. The van der Waals surface area contributed by atoms with Crippen LogP contribution in [0.3, 0.4) is 0 Å². The Morgan fingerprint density at radius 1 is 1.24 bits per heavy atom. The van der Waals surface area contributed by atoms with Crippen molar-refractivity contribution in [1.29, 1.82) is 0 Å². The first kappa shape index (κ1) is 22.7. The van der Waals surface area contributed by atoms with Gasteiger partial charge in [0, 0.05) is 22.0 Å². The molecular formula is C20H18BrF2N7O3. The number of aromatic nitrogens is 5. The van der Waals surface area contributed by atoms with Crippen LogP contribution in [-0.4, -0.2) is 43.2 Å². The lowest BCUT2D eigenvalue weighted by molar-refractivity contribution is -0.0499. The summed E-state index contributed by atoms with van der Waals surface area (Å²) in [6.45, 7) is -1.33. The Labute approximate surface area is 194 Å². The average molecular weight is 522 g/mol. The summed E-state index contributed by atoms with van der Waals surface area (Å²) in [7, 11) is 0. The molecule has 1 fully saturated rings. The number of hydrogen-bond donors (Lipinski definition) is 2. The molecule has 1 saturated carbocycles. The van der Waals surface area contributed by atoms with E-state index < -0.39 is 24.5 Å². The molecule has 0 unspecified atom stereocenters. The van der Waals surface area contributed by atoms with E-state index in [0.29, 0.717) is 16.1 Å². The van der Waals surface area contributed by atoms with Gasteiger partial charge in [0.25, 0.3) is 11.8 Å². The van der Waals surface area contributed by atoms with Gasteiger partial charge in [-0.15, -0.1) is 5.10 Å². The van der Waals surface area contributed by atoms with Gasteiger partial charge in [0.05, 0.1) is 6.04 Å². The molecule has 10 nitrogen and oxygen atoms in total. The fourth-order valence-corrected chi connectivity index (χ4v) is 3.58. The van der Waals surface area contributed by atoms with Crippen LogP contribution in [0.5, 0.6) is 5.75 Å². The van der Waals surface area contributed by atoms with Crippen LogP contribution in [0, 0.1) is 0 Å². The Bertz CT molecular complexity index is 1220. The SMILES string of the molecule is C[C@H](NC(=O)c1cc(Br)cc(OC(F)F)c1)c1nc(C2CC2)nn1-c1cc(C(N)=O)ncn1. The highest BCUT2D eigenvalue weighted by Crippen LogP contribution is 2.38. The van der Waals surface area contributed by atoms with E-state index in [2.05, 4.69) is 46.0 Å². The predicted octanol–water partition coefficient (Wildman–Crippen LogP) is 2.89. The number of halogens is 3. The minimum atomic E-state index is -3.02. The van der Waals surface area contributed by atoms with E-state index in [1.165, 1.54) is 35.3 Å². The summed E-state index contributed by atoms with van der Waals surface area (Å²) in [5.41, 5.74) is 5.43. The minimum absolute atomic E-state index is 0.00630. The van der Waals surface area contributed by atoms with Gasteiger partial charge in [0.15, 0.2) is 17.5 Å². The second kappa shape index (κ2) is 9.17. The molecule has 33 heavy (non-hydrogen) atoms. The van der Waals surface area contributed by atoms with Crippen LogP contribution in [-0.2, 0) is 0 Å². The van der Waals surface area contributed by atoms with Crippen molar-refractivity contribution in [3.8, 4) is 11.6 Å². The molecule has 2 heterocycles. The molecule has 0 radical (unpaired) electrons. The number of ether oxygens (including phenoxy) is 1. The molecule has 4 rings (SSSR count). The summed E-state index contributed by atoms with van der Waals surface area (Å²) in [6, 6.07) is 4.75. The second-order valence-electron chi connectivity index (χ2n) is 7.39. The van der Waals surface area contributed by atoms with Crippen LogP contribution >= 0.6 is 15.9 Å². The zero-order valence-electron chi connectivity index (χ0n) is 17.2. The molecule has 0 bridgehead atoms. The number of nitrogens with zero attached hydrogens (tertiary/aromatic N) is 5. The number of benzene rings is 1. The lowest BCUT2D eigenvalue weighted by Gasteiger charge is -2.15. The van der Waals surface area contributed by atoms with Crippen molar-refractivity contribution in [3.63, 3.8) is 0 Å². The minimum Gasteiger partial charge on any atom is -0.435 e. The third-order valence-electron chi connectivity index (χ3n) is 4.81. The number of hydrogen-bond acceptors (Lipinski definition) is 7. The monoisotopic (exact) mass is 521 g/mol. The average Bonchev–Trinajstić information content (AvgIpc) is 3.51. The molecule has 172 valence electrons. The molecule has 3 N–H and O–H groups in total. The number of carbonyl (C=O) groups is 2. The lowest BCUT2D eigenvalue weighted by atomic mass is 10.2. The van der Waals surface area contributed by atoms with E-state index in [1.54, 1.807) is 6.92 Å². The zero-order valence-corrected chi connectivity index (χ0v) is 18.8. The van der Waals surface area contributed by atoms with Gasteiger partial charge in [0.1, 0.15) is 17.8 Å². The third kappa shape index (κ3) is 5.30. The smallest absolute Gasteiger partial charge is 0.387 e. The van der Waals surface area contributed by atoms with Crippen molar-refractivity contribution in [3.05, 3.63) is 58.0 Å². The third-order valence-corrected chi connectivity index (χ3v) is 5.26. The molecule has 13 heteroatoms. The molecule has 0 aliphatic heterocycles. The van der Waals surface area contributed by atoms with Crippen molar-refractivity contribution in [2.24, 2.45) is 5.73 Å². The molecule has 1 aliphatic carbocycles. The molecule has 1 aliphatic rings. The van der Waals surface area contributed by atoms with Crippen molar-refractivity contribution in [2.75, 3.05) is 0 Å². The summed E-state index contributed by atoms with van der Waals surface area (Å²) in [5, 5.41) is 7.29. The topological polar surface area (TPSA) is 138 Å². The molecule has 2 amide bonds. The summed E-state index contributed by atoms with van der Waals surface area (Å²) >= 11 is 3.19. The summed E-state index contributed by atoms with van der Waals surface area (Å²) in [5.74, 6) is 0.0375. The number of nitrogens with two attached hydrogens (primary N) is 1. The standard InChI is InChI=1S/C20H18BrF2N7O3/c1-9(27-19(32)11-4-12(21)6-13(5-11)33-20(22)23)18-28-17(10-2-3-10)29-30(18)15-7-14(16(24)31)25-8-26-15/h4-10,20H,2-3H2,1H3,(H2,24,31)(H,27,32)/t9-/m0/s1. The Morgan fingerprint density at radius 3 is 2.67 bits per heavy atom. The molecular weight excluding hydrogens is 504 g/mol. The zero-order chi connectivity index (χ0) is 23.7. The van der Waals surface area contributed by atoms with E-state index in [9.17, 15) is 18.4 Å². The van der Waals surface area contributed by atoms with E-state index in [-0.39, 0.29) is 28.7 Å². The fourth-order valence-electron chi connectivity index (χ4n) is 3.11. The normalized spacial score (nSPS) is 14.2. The van der Waals surface area contributed by atoms with Crippen LogP contribution in [0.4, 0.5) is 8.78 Å². The number of rotatable bonds is 8. The Balaban J connectivity index is 1.63. The van der Waals surface area contributed by atoms with Crippen molar-refractivity contribution >= 4 is 27.7 Å². The molecule has 0 saturated heterocycles. The van der Waals surface area contributed by atoms with Gasteiger partial charge in [-0.2, -0.15) is 13.5 Å². The first-order valence-electron chi connectivity index (χ1n) is 9.86. The first-order chi connectivity index (χ1) is 15.7. The van der Waals surface area contributed by atoms with E-state index in [0.717, 1.165) is 12.8 Å². The van der Waals surface area contributed by atoms with Crippen molar-refractivity contribution < 1.29 is 23.1 Å². The van der Waals surface area contributed by atoms with Crippen LogP contribution in [0.15, 0.2) is 35.1 Å². The summed E-state index contributed by atoms with van der Waals surface area (Å²) in [6.07, 6.45) is 3.09. The van der Waals surface area contributed by atoms with Crippen molar-refractivity contribution in [2.45, 2.75) is 38.3 Å². The van der Waals surface area contributed by atoms with Gasteiger partial charge in [-0.1, -0.05) is 15.9 Å². The maximum Gasteiger partial charge on any atom is 0.387 e. The highest BCUT2D eigenvalue weighted by molar-refractivity contribution is 9.10. The van der Waals surface area contributed by atoms with E-state index in [1.807, 2.05) is 0 Å². The first-order valence-corrected chi connectivity index (χ1v) is 10.7. The van der Waals surface area contributed by atoms with Crippen LogP contribution in [0.1, 0.15) is 64.2 Å². The molecule has 2 aromatic heterocycles. The molecule has 0 spiro atoms. The number of carbonyl (C=O) groups excluding carboxylic acids is 2. The largest absolute Gasteiger partial charge is 0.435 e. The van der Waals surface area contributed by atoms with Gasteiger partial charge in [-0.3, -0.25) is 9.59 Å². The molecule has 1 atom stereocenters. The van der Waals surface area contributed by atoms with Crippen molar-refractivity contribution in [1.82, 2.24) is 30.0 Å². The number of primary amides is 1. The Hall–Kier alpha value is -3.48. The van der Waals surface area contributed by atoms with Crippen LogP contribution < -0.4 is 15.8 Å². The fraction of sp³-hybridized carbons (Fsp3) is 0.300. The van der Waals surface area contributed by atoms with E-state index in [4.69, 9.17) is 5.73 Å². The number of amides is 2. The summed E-state index contributed by atoms with van der Waals surface area (Å²) in [4.78, 5) is 36.9. The van der Waals surface area contributed by atoms with Gasteiger partial charge in [0.2, 0.25) is 0 Å². The van der Waals surface area contributed by atoms with Crippen LogP contribution in [0.25, 0.3) is 5.82 Å².